The number of anilines is 1. The van der Waals surface area contributed by atoms with Crippen molar-refractivity contribution in [3.05, 3.63) is 5.01 Å². The molecule has 0 spiro atoms. The molecule has 1 aliphatic carbocycles. The van der Waals surface area contributed by atoms with Crippen LogP contribution in [0.1, 0.15) is 24.3 Å². The van der Waals surface area contributed by atoms with E-state index in [1.165, 1.54) is 17.8 Å². The van der Waals surface area contributed by atoms with Crippen molar-refractivity contribution in [3.8, 4) is 0 Å². The number of rotatable bonds is 2. The fourth-order valence-corrected chi connectivity index (χ4v) is 3.95. The number of aromatic nitrogens is 2. The number of fused-ring (bicyclic) bond motifs is 1. The highest BCUT2D eigenvalue weighted by molar-refractivity contribution is 7.15. The minimum Gasteiger partial charge on any atom is -0.480 e. The second-order valence-electron chi connectivity index (χ2n) is 4.89. The summed E-state index contributed by atoms with van der Waals surface area (Å²) in [4.78, 5) is 13.4. The Bertz CT molecular complexity index is 448. The summed E-state index contributed by atoms with van der Waals surface area (Å²) in [7, 11) is 0. The van der Waals surface area contributed by atoms with Crippen molar-refractivity contribution >= 4 is 22.4 Å². The SMILES string of the molecule is Cc1nnc(N2CC3CCCC3C2C(=O)O)s1. The summed E-state index contributed by atoms with van der Waals surface area (Å²) < 4.78 is 0. The molecule has 0 bridgehead atoms. The maximum Gasteiger partial charge on any atom is 0.326 e. The molecule has 17 heavy (non-hydrogen) atoms. The summed E-state index contributed by atoms with van der Waals surface area (Å²) in [6.45, 7) is 2.73. The van der Waals surface area contributed by atoms with E-state index in [0.29, 0.717) is 11.8 Å². The smallest absolute Gasteiger partial charge is 0.326 e. The number of carboxylic acids is 1. The van der Waals surface area contributed by atoms with E-state index in [-0.39, 0.29) is 0 Å². The van der Waals surface area contributed by atoms with Crippen LogP contribution in [-0.4, -0.2) is 33.9 Å². The van der Waals surface area contributed by atoms with E-state index in [4.69, 9.17) is 0 Å². The molecule has 0 amide bonds. The number of carbonyl (C=O) groups is 1. The summed E-state index contributed by atoms with van der Waals surface area (Å²) in [5.41, 5.74) is 0. The highest BCUT2D eigenvalue weighted by Gasteiger charge is 2.48. The minimum atomic E-state index is -0.716. The van der Waals surface area contributed by atoms with Crippen molar-refractivity contribution in [2.24, 2.45) is 11.8 Å². The summed E-state index contributed by atoms with van der Waals surface area (Å²) in [6, 6.07) is -0.394. The molecule has 1 aliphatic heterocycles. The Morgan fingerprint density at radius 2 is 2.29 bits per heavy atom. The quantitative estimate of drug-likeness (QED) is 0.866. The molecular formula is C11H15N3O2S. The van der Waals surface area contributed by atoms with Gasteiger partial charge >= 0.3 is 5.97 Å². The largest absolute Gasteiger partial charge is 0.480 e. The Morgan fingerprint density at radius 1 is 1.47 bits per heavy atom. The van der Waals surface area contributed by atoms with Crippen LogP contribution in [0.5, 0.6) is 0 Å². The van der Waals surface area contributed by atoms with Crippen molar-refractivity contribution < 1.29 is 9.90 Å². The lowest BCUT2D eigenvalue weighted by Gasteiger charge is -2.22. The molecule has 2 heterocycles. The van der Waals surface area contributed by atoms with Gasteiger partial charge in [0.15, 0.2) is 0 Å². The predicted octanol–water partition coefficient (Wildman–Crippen LogP) is 1.54. The lowest BCUT2D eigenvalue weighted by atomic mass is 9.94. The van der Waals surface area contributed by atoms with Gasteiger partial charge in [0.2, 0.25) is 5.13 Å². The maximum absolute atomic E-state index is 11.4. The van der Waals surface area contributed by atoms with E-state index in [1.54, 1.807) is 0 Å². The monoisotopic (exact) mass is 253 g/mol. The number of aliphatic carboxylic acids is 1. The van der Waals surface area contributed by atoms with Crippen LogP contribution in [-0.2, 0) is 4.79 Å². The number of hydrogen-bond donors (Lipinski definition) is 1. The maximum atomic E-state index is 11.4. The molecule has 3 rings (SSSR count). The Hall–Kier alpha value is -1.17. The molecule has 92 valence electrons. The van der Waals surface area contributed by atoms with Gasteiger partial charge in [-0.05, 0) is 31.6 Å². The average molecular weight is 253 g/mol. The van der Waals surface area contributed by atoms with Crippen LogP contribution < -0.4 is 4.90 Å². The molecule has 1 aromatic heterocycles. The first-order chi connectivity index (χ1) is 8.16. The van der Waals surface area contributed by atoms with Gasteiger partial charge in [-0.15, -0.1) is 10.2 Å². The third kappa shape index (κ3) is 1.71. The lowest BCUT2D eigenvalue weighted by Crippen LogP contribution is -2.39. The van der Waals surface area contributed by atoms with Crippen LogP contribution in [0.3, 0.4) is 0 Å². The molecule has 0 radical (unpaired) electrons. The highest BCUT2D eigenvalue weighted by Crippen LogP contribution is 2.44. The van der Waals surface area contributed by atoms with Crippen molar-refractivity contribution in [3.63, 3.8) is 0 Å². The van der Waals surface area contributed by atoms with Crippen molar-refractivity contribution in [1.29, 1.82) is 0 Å². The first-order valence-electron chi connectivity index (χ1n) is 5.96. The van der Waals surface area contributed by atoms with Crippen LogP contribution in [0.4, 0.5) is 5.13 Å². The molecule has 1 N–H and O–H groups in total. The van der Waals surface area contributed by atoms with Crippen LogP contribution in [0.15, 0.2) is 0 Å². The zero-order valence-electron chi connectivity index (χ0n) is 9.67. The summed E-state index contributed by atoms with van der Waals surface area (Å²) >= 11 is 1.49. The highest BCUT2D eigenvalue weighted by atomic mass is 32.1. The number of hydrogen-bond acceptors (Lipinski definition) is 5. The summed E-state index contributed by atoms with van der Waals surface area (Å²) in [5, 5.41) is 19.1. The van der Waals surface area contributed by atoms with E-state index < -0.39 is 12.0 Å². The summed E-state index contributed by atoms with van der Waals surface area (Å²) in [5.74, 6) is 0.115. The van der Waals surface area contributed by atoms with Crippen LogP contribution in [0.25, 0.3) is 0 Å². The molecule has 2 fully saturated rings. The van der Waals surface area contributed by atoms with Crippen molar-refractivity contribution in [2.45, 2.75) is 32.2 Å². The van der Waals surface area contributed by atoms with Gasteiger partial charge in [-0.3, -0.25) is 0 Å². The van der Waals surface area contributed by atoms with Crippen LogP contribution in [0.2, 0.25) is 0 Å². The molecule has 0 aromatic carbocycles. The van der Waals surface area contributed by atoms with Crippen LogP contribution in [0, 0.1) is 18.8 Å². The first-order valence-corrected chi connectivity index (χ1v) is 6.78. The molecule has 1 saturated heterocycles. The number of aryl methyl sites for hydroxylation is 1. The van der Waals surface area contributed by atoms with Gasteiger partial charge in [0.05, 0.1) is 0 Å². The Kier molecular flexibility index (Phi) is 2.54. The van der Waals surface area contributed by atoms with Crippen LogP contribution >= 0.6 is 11.3 Å². The molecule has 1 aromatic rings. The minimum absolute atomic E-state index is 0.303. The van der Waals surface area contributed by atoms with Gasteiger partial charge in [0.25, 0.3) is 0 Å². The Morgan fingerprint density at radius 3 is 2.94 bits per heavy atom. The zero-order valence-corrected chi connectivity index (χ0v) is 10.5. The van der Waals surface area contributed by atoms with E-state index in [2.05, 4.69) is 10.2 Å². The normalized spacial score (nSPS) is 31.8. The Labute approximate surface area is 103 Å². The van der Waals surface area contributed by atoms with Crippen molar-refractivity contribution in [2.75, 3.05) is 11.4 Å². The average Bonchev–Trinajstić information content (AvgIpc) is 2.88. The fourth-order valence-electron chi connectivity index (χ4n) is 3.22. The van der Waals surface area contributed by atoms with Gasteiger partial charge in [-0.25, -0.2) is 4.79 Å². The van der Waals surface area contributed by atoms with Gasteiger partial charge in [-0.1, -0.05) is 17.8 Å². The van der Waals surface area contributed by atoms with E-state index in [9.17, 15) is 9.90 Å². The predicted molar refractivity (Wildman–Crippen MR) is 64.2 cm³/mol. The topological polar surface area (TPSA) is 66.3 Å². The van der Waals surface area contributed by atoms with Gasteiger partial charge in [0, 0.05) is 6.54 Å². The molecular weight excluding hydrogens is 238 g/mol. The number of nitrogens with zero attached hydrogens (tertiary/aromatic N) is 3. The van der Waals surface area contributed by atoms with E-state index >= 15 is 0 Å². The van der Waals surface area contributed by atoms with E-state index in [1.807, 2.05) is 11.8 Å². The van der Waals surface area contributed by atoms with E-state index in [0.717, 1.165) is 29.5 Å². The molecule has 2 aliphatic rings. The van der Waals surface area contributed by atoms with Gasteiger partial charge in [-0.2, -0.15) is 0 Å². The van der Waals surface area contributed by atoms with Crippen molar-refractivity contribution in [1.82, 2.24) is 10.2 Å². The second kappa shape index (κ2) is 3.94. The van der Waals surface area contributed by atoms with Gasteiger partial charge < -0.3 is 10.0 Å². The third-order valence-electron chi connectivity index (χ3n) is 3.90. The number of carboxylic acid groups (broad SMARTS) is 1. The third-order valence-corrected chi connectivity index (χ3v) is 4.78. The standard InChI is InChI=1S/C11H15N3O2S/c1-6-12-13-11(17-6)14-5-7-3-2-4-8(7)9(14)10(15)16/h7-9H,2-5H2,1H3,(H,15,16). The molecule has 3 unspecified atom stereocenters. The Balaban J connectivity index is 1.91. The second-order valence-corrected chi connectivity index (χ2v) is 6.05. The lowest BCUT2D eigenvalue weighted by molar-refractivity contribution is -0.139. The fraction of sp³-hybridized carbons (Fsp3) is 0.727. The zero-order chi connectivity index (χ0) is 12.0. The molecule has 6 heteroatoms. The van der Waals surface area contributed by atoms with Gasteiger partial charge in [0.1, 0.15) is 11.0 Å². The molecule has 5 nitrogen and oxygen atoms in total. The first kappa shape index (κ1) is 11.0. The molecule has 1 saturated carbocycles. The summed E-state index contributed by atoms with van der Waals surface area (Å²) in [6.07, 6.45) is 3.36. The molecule has 3 atom stereocenters.